The Morgan fingerprint density at radius 2 is 1.69 bits per heavy atom. The van der Waals surface area contributed by atoms with Crippen molar-refractivity contribution >= 4 is 60.6 Å². The molecule has 49 heavy (non-hydrogen) atoms. The Morgan fingerprint density at radius 1 is 1.06 bits per heavy atom. The predicted octanol–water partition coefficient (Wildman–Crippen LogP) is 7.77. The highest BCUT2D eigenvalue weighted by molar-refractivity contribution is 7.98. The fraction of sp³-hybridized carbons (Fsp3) is 0.457. The molecule has 2 aromatic carbocycles. The van der Waals surface area contributed by atoms with Crippen molar-refractivity contribution in [2.45, 2.75) is 77.6 Å². The van der Waals surface area contributed by atoms with Crippen molar-refractivity contribution in [3.63, 3.8) is 0 Å². The van der Waals surface area contributed by atoms with E-state index in [2.05, 4.69) is 54.1 Å². The highest BCUT2D eigenvalue weighted by atomic mass is 32.2. The smallest absolute Gasteiger partial charge is 0.414 e. The van der Waals surface area contributed by atoms with Gasteiger partial charge < -0.3 is 18.6 Å². The summed E-state index contributed by atoms with van der Waals surface area (Å²) in [6, 6.07) is 18.3. The van der Waals surface area contributed by atoms with E-state index in [1.165, 1.54) is 4.90 Å². The molecule has 1 aliphatic rings. The Hall–Kier alpha value is -3.82. The van der Waals surface area contributed by atoms with Crippen LogP contribution < -0.4 is 15.0 Å². The lowest BCUT2D eigenvalue weighted by molar-refractivity contribution is -0.118. The summed E-state index contributed by atoms with van der Waals surface area (Å²) in [6.45, 7) is 15.0. The Bertz CT molecular complexity index is 1690. The highest BCUT2D eigenvalue weighted by Gasteiger charge is 2.42. The molecule has 0 bridgehead atoms. The quantitative estimate of drug-likeness (QED) is 0.115. The second-order valence-corrected chi connectivity index (χ2v) is 19.4. The number of nitrogens with one attached hydrogen (secondary N) is 1. The van der Waals surface area contributed by atoms with Gasteiger partial charge in [0.15, 0.2) is 19.5 Å². The van der Waals surface area contributed by atoms with Crippen molar-refractivity contribution in [1.29, 1.82) is 0 Å². The van der Waals surface area contributed by atoms with Crippen LogP contribution in [0.15, 0.2) is 67.0 Å². The van der Waals surface area contributed by atoms with Crippen LogP contribution in [0.2, 0.25) is 18.1 Å². The third-order valence-electron chi connectivity index (χ3n) is 8.85. The summed E-state index contributed by atoms with van der Waals surface area (Å²) in [4.78, 5) is 41.8. The van der Waals surface area contributed by atoms with Gasteiger partial charge in [-0.15, -0.1) is 11.8 Å². The number of benzene rings is 2. The van der Waals surface area contributed by atoms with E-state index in [1.807, 2.05) is 66.9 Å². The van der Waals surface area contributed by atoms with Gasteiger partial charge in [0.1, 0.15) is 12.3 Å². The zero-order valence-corrected chi connectivity index (χ0v) is 31.2. The number of nitrogens with zero attached hydrogens (tertiary/aromatic N) is 5. The monoisotopic (exact) mass is 706 g/mol. The summed E-state index contributed by atoms with van der Waals surface area (Å²) in [5.74, 6) is -0.239. The minimum Gasteiger partial charge on any atom is -0.414 e. The number of thioether (sulfide) groups is 1. The van der Waals surface area contributed by atoms with E-state index < -0.39 is 20.6 Å². The summed E-state index contributed by atoms with van der Waals surface area (Å²) in [5, 5.41) is 2.79. The molecule has 14 heteroatoms. The third-order valence-corrected chi connectivity index (χ3v) is 13.7. The van der Waals surface area contributed by atoms with Crippen LogP contribution in [0.4, 0.5) is 22.1 Å². The third kappa shape index (κ3) is 8.50. The standard InChI is InChI=1S/C35H46N6O6SSi/c1-23(2)31(42)38-33-37-30-29(32(39-33)47-34(43)41(24-15-11-9-12-16-24)25-17-13-10-14-18-25)36-21-40(30)28-19-26(44-22-48-6)27(46-28)20-45-49(7,8)35(3,4)5/h9-18,21,23,26-28H,19-20,22H2,1-8H3,(H,37,38,39,42)/t26-,27+,28+/m0/s1. The van der Waals surface area contributed by atoms with Crippen molar-refractivity contribution in [2.24, 2.45) is 5.92 Å². The van der Waals surface area contributed by atoms with Gasteiger partial charge in [-0.1, -0.05) is 71.0 Å². The molecular weight excluding hydrogens is 661 g/mol. The maximum atomic E-state index is 13.9. The summed E-state index contributed by atoms with van der Waals surface area (Å²) >= 11 is 1.59. The Morgan fingerprint density at radius 3 is 2.27 bits per heavy atom. The molecule has 262 valence electrons. The van der Waals surface area contributed by atoms with E-state index in [-0.39, 0.29) is 46.4 Å². The van der Waals surface area contributed by atoms with E-state index in [4.69, 9.17) is 18.6 Å². The SMILES string of the molecule is CSCO[C@H]1C[C@H](n2cnc3c(OC(=O)N(c4ccccc4)c4ccccc4)nc(NC(=O)C(C)C)nc32)O[C@@H]1CO[Si](C)(C)C(C)(C)C. The first-order valence-corrected chi connectivity index (χ1v) is 20.7. The number of imidazole rings is 1. The topological polar surface area (TPSA) is 130 Å². The largest absolute Gasteiger partial charge is 0.425 e. The number of ether oxygens (including phenoxy) is 3. The first-order chi connectivity index (χ1) is 23.3. The van der Waals surface area contributed by atoms with Crippen molar-refractivity contribution in [2.75, 3.05) is 29.0 Å². The molecule has 1 fully saturated rings. The van der Waals surface area contributed by atoms with E-state index >= 15 is 0 Å². The van der Waals surface area contributed by atoms with E-state index in [0.29, 0.717) is 36.0 Å². The number of carbonyl (C=O) groups excluding carboxylic acids is 2. The van der Waals surface area contributed by atoms with E-state index in [0.717, 1.165) is 0 Å². The minimum absolute atomic E-state index is 0.0206. The number of amides is 2. The number of fused-ring (bicyclic) bond motifs is 1. The zero-order chi connectivity index (χ0) is 35.3. The molecule has 5 rings (SSSR count). The number of aromatic nitrogens is 4. The van der Waals surface area contributed by atoms with E-state index in [9.17, 15) is 9.59 Å². The van der Waals surface area contributed by atoms with Crippen LogP contribution in [0, 0.1) is 5.92 Å². The average Bonchev–Trinajstić information content (AvgIpc) is 3.67. The lowest BCUT2D eigenvalue weighted by Crippen LogP contribution is -2.44. The maximum Gasteiger partial charge on any atom is 0.425 e. The lowest BCUT2D eigenvalue weighted by atomic mass is 10.2. The molecule has 3 atom stereocenters. The molecule has 1 saturated heterocycles. The molecule has 0 radical (unpaired) electrons. The van der Waals surface area contributed by atoms with Crippen molar-refractivity contribution in [3.05, 3.63) is 67.0 Å². The molecule has 4 aromatic rings. The minimum atomic E-state index is -2.05. The zero-order valence-electron chi connectivity index (χ0n) is 29.4. The molecule has 1 N–H and O–H groups in total. The molecule has 3 heterocycles. The number of para-hydroxylation sites is 2. The van der Waals surface area contributed by atoms with Gasteiger partial charge >= 0.3 is 6.09 Å². The Kier molecular flexibility index (Phi) is 11.4. The van der Waals surface area contributed by atoms with Crippen molar-refractivity contribution < 1.29 is 28.2 Å². The molecule has 2 aromatic heterocycles. The van der Waals surface area contributed by atoms with Crippen LogP contribution >= 0.6 is 11.8 Å². The van der Waals surface area contributed by atoms with Crippen LogP contribution in [0.3, 0.4) is 0 Å². The predicted molar refractivity (Wildman–Crippen MR) is 195 cm³/mol. The molecule has 0 spiro atoms. The van der Waals surface area contributed by atoms with Gasteiger partial charge in [0, 0.05) is 12.3 Å². The summed E-state index contributed by atoms with van der Waals surface area (Å²) < 4.78 is 27.1. The summed E-state index contributed by atoms with van der Waals surface area (Å²) in [5.41, 5.74) is 1.78. The van der Waals surface area contributed by atoms with Crippen LogP contribution in [0.5, 0.6) is 5.88 Å². The van der Waals surface area contributed by atoms with Gasteiger partial charge in [-0.3, -0.25) is 14.7 Å². The molecule has 12 nitrogen and oxygen atoms in total. The molecular formula is C35H46N6O6SSi. The fourth-order valence-electron chi connectivity index (χ4n) is 4.98. The Labute approximate surface area is 293 Å². The Balaban J connectivity index is 1.50. The second-order valence-electron chi connectivity index (χ2n) is 13.7. The second kappa shape index (κ2) is 15.4. The van der Waals surface area contributed by atoms with Gasteiger partial charge in [-0.05, 0) is 48.7 Å². The molecule has 1 aliphatic heterocycles. The maximum absolute atomic E-state index is 13.9. The van der Waals surface area contributed by atoms with Crippen LogP contribution in [0.1, 0.15) is 47.3 Å². The van der Waals surface area contributed by atoms with Gasteiger partial charge in [0.25, 0.3) is 5.88 Å². The first kappa shape index (κ1) is 36.5. The molecule has 0 unspecified atom stereocenters. The number of carbonyl (C=O) groups is 2. The molecule has 0 saturated carbocycles. The van der Waals surface area contributed by atoms with Crippen LogP contribution in [-0.2, 0) is 18.7 Å². The van der Waals surface area contributed by atoms with Gasteiger partial charge in [0.2, 0.25) is 11.9 Å². The first-order valence-electron chi connectivity index (χ1n) is 16.4. The average molecular weight is 707 g/mol. The summed E-state index contributed by atoms with van der Waals surface area (Å²) in [6.07, 6.45) is 2.31. The van der Waals surface area contributed by atoms with Crippen molar-refractivity contribution in [3.8, 4) is 5.88 Å². The number of hydrogen-bond acceptors (Lipinski definition) is 10. The molecule has 0 aliphatic carbocycles. The lowest BCUT2D eigenvalue weighted by Gasteiger charge is -2.37. The summed E-state index contributed by atoms with van der Waals surface area (Å²) in [7, 11) is -2.05. The highest BCUT2D eigenvalue weighted by Crippen LogP contribution is 2.39. The number of rotatable bonds is 12. The molecule has 2 amide bonds. The van der Waals surface area contributed by atoms with Crippen LogP contribution in [0.25, 0.3) is 11.2 Å². The van der Waals surface area contributed by atoms with Crippen molar-refractivity contribution in [1.82, 2.24) is 19.5 Å². The fourth-order valence-corrected chi connectivity index (χ4v) is 6.31. The van der Waals surface area contributed by atoms with Gasteiger partial charge in [0.05, 0.1) is 36.4 Å². The van der Waals surface area contributed by atoms with Gasteiger partial charge in [-0.2, -0.15) is 9.97 Å². The van der Waals surface area contributed by atoms with Crippen LogP contribution in [-0.4, -0.2) is 70.8 Å². The van der Waals surface area contributed by atoms with Gasteiger partial charge in [-0.25, -0.2) is 14.7 Å². The van der Waals surface area contributed by atoms with E-state index in [1.54, 1.807) is 36.5 Å². The number of hydrogen-bond donors (Lipinski definition) is 1. The number of anilines is 3. The normalized spacial score (nSPS) is 18.2.